The van der Waals surface area contributed by atoms with Gasteiger partial charge in [0.2, 0.25) is 0 Å². The molecule has 0 bridgehead atoms. The van der Waals surface area contributed by atoms with E-state index in [1.807, 2.05) is 38.1 Å². The van der Waals surface area contributed by atoms with E-state index >= 15 is 0 Å². The van der Waals surface area contributed by atoms with Crippen LogP contribution in [0.1, 0.15) is 36.6 Å². The van der Waals surface area contributed by atoms with E-state index in [0.29, 0.717) is 52.9 Å². The second-order valence-electron chi connectivity index (χ2n) is 9.86. The Kier molecular flexibility index (Phi) is 6.96. The minimum atomic E-state index is -0.933. The lowest BCUT2D eigenvalue weighted by molar-refractivity contribution is -0.132. The standard InChI is InChI=1S/C32H28N2O6S/c1-4-13-39-22-8-6-7-19(16-22)28-27(29(35)20-9-12-25-21(15-20)14-18(3)40-25)30(36)31(37)34(28)32-33-24-11-10-23(38-5-2)17-26(24)41-32/h4,6-12,15-18,28,35H,1,5,13-14H2,2-3H3/b29-27-. The third-order valence-corrected chi connectivity index (χ3v) is 8.04. The maximum Gasteiger partial charge on any atom is 0.301 e. The van der Waals surface area contributed by atoms with Crippen molar-refractivity contribution in [3.05, 3.63) is 95.6 Å². The molecule has 41 heavy (non-hydrogen) atoms. The van der Waals surface area contributed by atoms with Crippen molar-refractivity contribution >= 4 is 44.1 Å². The molecule has 1 fully saturated rings. The molecule has 208 valence electrons. The molecule has 0 spiro atoms. The van der Waals surface area contributed by atoms with Gasteiger partial charge in [0.1, 0.15) is 35.7 Å². The SMILES string of the molecule is C=CCOc1cccc(C2/C(=C(/O)c3ccc4c(c3)CC(C)O4)C(=O)C(=O)N2c2nc3ccc(OCC)cc3s2)c1. The van der Waals surface area contributed by atoms with E-state index in [1.165, 1.54) is 16.2 Å². The number of fused-ring (bicyclic) bond motifs is 2. The van der Waals surface area contributed by atoms with Crippen LogP contribution in [-0.4, -0.2) is 41.1 Å². The number of ketones is 1. The van der Waals surface area contributed by atoms with Gasteiger partial charge in [0.15, 0.2) is 5.13 Å². The number of hydrogen-bond donors (Lipinski definition) is 1. The van der Waals surface area contributed by atoms with E-state index in [1.54, 1.807) is 42.5 Å². The number of aromatic nitrogens is 1. The van der Waals surface area contributed by atoms with Crippen molar-refractivity contribution in [3.63, 3.8) is 0 Å². The fraction of sp³-hybridized carbons (Fsp3) is 0.219. The molecule has 3 heterocycles. The maximum absolute atomic E-state index is 13.7. The Labute approximate surface area is 241 Å². The van der Waals surface area contributed by atoms with Crippen LogP contribution < -0.4 is 19.1 Å². The summed E-state index contributed by atoms with van der Waals surface area (Å²) in [6.45, 7) is 8.38. The number of hydrogen-bond acceptors (Lipinski definition) is 8. The van der Waals surface area contributed by atoms with Gasteiger partial charge in [-0.2, -0.15) is 0 Å². The molecule has 6 rings (SSSR count). The van der Waals surface area contributed by atoms with Crippen molar-refractivity contribution in [3.8, 4) is 17.2 Å². The van der Waals surface area contributed by atoms with Gasteiger partial charge in [0.05, 0.1) is 28.4 Å². The number of carbonyl (C=O) groups is 2. The number of aliphatic hydroxyl groups excluding tert-OH is 1. The molecule has 2 aliphatic heterocycles. The number of thiazole rings is 1. The van der Waals surface area contributed by atoms with E-state index in [4.69, 9.17) is 19.2 Å². The topological polar surface area (TPSA) is 98.2 Å². The monoisotopic (exact) mass is 568 g/mol. The Morgan fingerprint density at radius 3 is 2.78 bits per heavy atom. The number of aliphatic hydroxyl groups is 1. The van der Waals surface area contributed by atoms with Gasteiger partial charge < -0.3 is 19.3 Å². The Balaban J connectivity index is 1.51. The summed E-state index contributed by atoms with van der Waals surface area (Å²) in [5.74, 6) is 0.174. The molecular formula is C32H28N2O6S. The first-order valence-corrected chi connectivity index (χ1v) is 14.2. The Bertz CT molecular complexity index is 1720. The predicted molar refractivity (Wildman–Crippen MR) is 158 cm³/mol. The smallest absolute Gasteiger partial charge is 0.301 e. The van der Waals surface area contributed by atoms with Crippen molar-refractivity contribution in [2.45, 2.75) is 32.4 Å². The first-order chi connectivity index (χ1) is 19.9. The second-order valence-corrected chi connectivity index (χ2v) is 10.9. The number of rotatable bonds is 8. The number of nitrogens with zero attached hydrogens (tertiary/aromatic N) is 2. The molecule has 2 unspecified atom stereocenters. The summed E-state index contributed by atoms with van der Waals surface area (Å²) >= 11 is 1.28. The van der Waals surface area contributed by atoms with Crippen molar-refractivity contribution < 1.29 is 28.9 Å². The van der Waals surface area contributed by atoms with E-state index in [2.05, 4.69) is 6.58 Å². The second kappa shape index (κ2) is 10.7. The van der Waals surface area contributed by atoms with Crippen LogP contribution >= 0.6 is 11.3 Å². The number of Topliss-reactive ketones (excluding diaryl/α,β-unsaturated/α-hetero) is 1. The van der Waals surface area contributed by atoms with Gasteiger partial charge >= 0.3 is 5.91 Å². The van der Waals surface area contributed by atoms with Gasteiger partial charge in [-0.05, 0) is 73.5 Å². The lowest BCUT2D eigenvalue weighted by Gasteiger charge is -2.23. The largest absolute Gasteiger partial charge is 0.507 e. The molecule has 8 nitrogen and oxygen atoms in total. The van der Waals surface area contributed by atoms with Gasteiger partial charge in [0, 0.05) is 12.0 Å². The van der Waals surface area contributed by atoms with Crippen molar-refractivity contribution in [1.82, 2.24) is 4.98 Å². The molecule has 1 aromatic heterocycles. The lowest BCUT2D eigenvalue weighted by atomic mass is 9.94. The van der Waals surface area contributed by atoms with Crippen LogP contribution in [0.25, 0.3) is 16.0 Å². The van der Waals surface area contributed by atoms with E-state index in [0.717, 1.165) is 16.0 Å². The minimum Gasteiger partial charge on any atom is -0.507 e. The van der Waals surface area contributed by atoms with Crippen LogP contribution in [0.2, 0.25) is 0 Å². The molecule has 0 saturated carbocycles. The molecular weight excluding hydrogens is 540 g/mol. The lowest BCUT2D eigenvalue weighted by Crippen LogP contribution is -2.29. The summed E-state index contributed by atoms with van der Waals surface area (Å²) in [6.07, 6.45) is 2.34. The first kappa shape index (κ1) is 26.6. The van der Waals surface area contributed by atoms with Crippen molar-refractivity contribution in [1.29, 1.82) is 0 Å². The molecule has 0 aliphatic carbocycles. The van der Waals surface area contributed by atoms with Crippen LogP contribution in [0.5, 0.6) is 17.2 Å². The molecule has 4 aromatic rings. The fourth-order valence-corrected chi connectivity index (χ4v) is 6.27. The number of ether oxygens (including phenoxy) is 3. The van der Waals surface area contributed by atoms with Crippen molar-refractivity contribution in [2.75, 3.05) is 18.1 Å². The highest BCUT2D eigenvalue weighted by Crippen LogP contribution is 2.45. The summed E-state index contributed by atoms with van der Waals surface area (Å²) in [6, 6.07) is 17.0. The highest BCUT2D eigenvalue weighted by molar-refractivity contribution is 7.22. The first-order valence-electron chi connectivity index (χ1n) is 13.4. The minimum absolute atomic E-state index is 0.0166. The predicted octanol–water partition coefficient (Wildman–Crippen LogP) is 6.21. The Hall–Kier alpha value is -4.63. The summed E-state index contributed by atoms with van der Waals surface area (Å²) < 4.78 is 18.0. The molecule has 9 heteroatoms. The zero-order valence-electron chi connectivity index (χ0n) is 22.6. The number of carbonyl (C=O) groups excluding carboxylic acids is 2. The Morgan fingerprint density at radius 1 is 1.15 bits per heavy atom. The van der Waals surface area contributed by atoms with Crippen molar-refractivity contribution in [2.24, 2.45) is 0 Å². The number of amides is 1. The molecule has 1 N–H and O–H groups in total. The van der Waals surface area contributed by atoms with E-state index in [9.17, 15) is 14.7 Å². The summed E-state index contributed by atoms with van der Waals surface area (Å²) in [4.78, 5) is 33.4. The van der Waals surface area contributed by atoms with Crippen LogP contribution in [0.15, 0.2) is 78.9 Å². The average Bonchev–Trinajstić information content (AvgIpc) is 3.63. The van der Waals surface area contributed by atoms with E-state index in [-0.39, 0.29) is 17.4 Å². The summed E-state index contributed by atoms with van der Waals surface area (Å²) in [5, 5.41) is 12.0. The zero-order valence-corrected chi connectivity index (χ0v) is 23.4. The number of benzene rings is 3. The quantitative estimate of drug-likeness (QED) is 0.117. The number of anilines is 1. The van der Waals surface area contributed by atoms with Gasteiger partial charge in [-0.15, -0.1) is 0 Å². The summed E-state index contributed by atoms with van der Waals surface area (Å²) in [7, 11) is 0. The molecule has 1 saturated heterocycles. The van der Waals surface area contributed by atoms with Crippen LogP contribution in [0, 0.1) is 0 Å². The van der Waals surface area contributed by atoms with Crippen LogP contribution in [-0.2, 0) is 16.0 Å². The van der Waals surface area contributed by atoms with Gasteiger partial charge in [-0.3, -0.25) is 14.5 Å². The molecule has 2 aliphatic rings. The van der Waals surface area contributed by atoms with Gasteiger partial charge in [-0.25, -0.2) is 4.98 Å². The zero-order chi connectivity index (χ0) is 28.7. The fourth-order valence-electron chi connectivity index (χ4n) is 5.25. The normalized spacial score (nSPS) is 19.3. The average molecular weight is 569 g/mol. The highest BCUT2D eigenvalue weighted by Gasteiger charge is 2.48. The van der Waals surface area contributed by atoms with Crippen LogP contribution in [0.4, 0.5) is 5.13 Å². The third kappa shape index (κ3) is 4.82. The Morgan fingerprint density at radius 2 is 1.98 bits per heavy atom. The highest BCUT2D eigenvalue weighted by atomic mass is 32.1. The molecule has 1 amide bonds. The molecule has 2 atom stereocenters. The molecule has 0 radical (unpaired) electrons. The third-order valence-electron chi connectivity index (χ3n) is 7.02. The molecule has 3 aromatic carbocycles. The summed E-state index contributed by atoms with van der Waals surface area (Å²) in [5.41, 5.74) is 2.62. The van der Waals surface area contributed by atoms with Crippen LogP contribution in [0.3, 0.4) is 0 Å². The van der Waals surface area contributed by atoms with E-state index < -0.39 is 17.7 Å². The maximum atomic E-state index is 13.7. The van der Waals surface area contributed by atoms with Gasteiger partial charge in [0.25, 0.3) is 5.78 Å². The van der Waals surface area contributed by atoms with Gasteiger partial charge in [-0.1, -0.05) is 36.1 Å².